The number of allylic oxidation sites excluding steroid dienone is 1. The van der Waals surface area contributed by atoms with Crippen LogP contribution in [0, 0.1) is 0 Å². The fourth-order valence-corrected chi connectivity index (χ4v) is 2.68. The van der Waals surface area contributed by atoms with Crippen molar-refractivity contribution in [1.82, 2.24) is 4.98 Å². The number of furan rings is 1. The van der Waals surface area contributed by atoms with Gasteiger partial charge in [0.1, 0.15) is 11.3 Å². The lowest BCUT2D eigenvalue weighted by Gasteiger charge is -1.98. The van der Waals surface area contributed by atoms with Gasteiger partial charge in [0.15, 0.2) is 10.9 Å². The van der Waals surface area contributed by atoms with Crippen molar-refractivity contribution in [2.75, 3.05) is 5.32 Å². The summed E-state index contributed by atoms with van der Waals surface area (Å²) in [5, 5.41) is 6.28. The van der Waals surface area contributed by atoms with E-state index in [-0.39, 0.29) is 5.91 Å². The van der Waals surface area contributed by atoms with E-state index in [1.54, 1.807) is 6.08 Å². The van der Waals surface area contributed by atoms with Crippen LogP contribution < -0.4 is 5.32 Å². The third-order valence-electron chi connectivity index (χ3n) is 3.00. The van der Waals surface area contributed by atoms with Gasteiger partial charge in [-0.3, -0.25) is 4.79 Å². The number of hydrogen-bond donors (Lipinski definition) is 1. The van der Waals surface area contributed by atoms with Crippen LogP contribution in [-0.2, 0) is 4.79 Å². The lowest BCUT2D eigenvalue weighted by atomic mass is 10.2. The Labute approximate surface area is 126 Å². The fourth-order valence-electron chi connectivity index (χ4n) is 1.97. The van der Waals surface area contributed by atoms with E-state index >= 15 is 0 Å². The van der Waals surface area contributed by atoms with Crippen LogP contribution >= 0.6 is 11.3 Å². The molecule has 0 saturated carbocycles. The molecule has 1 aromatic carbocycles. The van der Waals surface area contributed by atoms with E-state index in [1.165, 1.54) is 11.3 Å². The van der Waals surface area contributed by atoms with Gasteiger partial charge >= 0.3 is 0 Å². The first-order valence-corrected chi connectivity index (χ1v) is 7.49. The van der Waals surface area contributed by atoms with Gasteiger partial charge in [0.25, 0.3) is 0 Å². The maximum atomic E-state index is 11.6. The molecule has 2 aromatic heterocycles. The molecule has 0 unspecified atom stereocenters. The predicted molar refractivity (Wildman–Crippen MR) is 85.4 cm³/mol. The summed E-state index contributed by atoms with van der Waals surface area (Å²) in [7, 11) is 0. The summed E-state index contributed by atoms with van der Waals surface area (Å²) in [6.45, 7) is 3.60. The second-order valence-corrected chi connectivity index (χ2v) is 5.42. The molecular weight excluding hydrogens is 284 g/mol. The van der Waals surface area contributed by atoms with Crippen molar-refractivity contribution in [3.63, 3.8) is 0 Å². The lowest BCUT2D eigenvalue weighted by molar-refractivity contribution is -0.116. The number of nitrogens with one attached hydrogen (secondary N) is 1. The smallest absolute Gasteiger partial charge is 0.226 e. The molecule has 0 aliphatic rings. The number of hydrogen-bond acceptors (Lipinski definition) is 4. The molecule has 0 saturated heterocycles. The number of para-hydroxylation sites is 1. The average molecular weight is 298 g/mol. The highest BCUT2D eigenvalue weighted by Crippen LogP contribution is 2.30. The van der Waals surface area contributed by atoms with E-state index in [9.17, 15) is 4.79 Å². The number of nitrogens with zero attached hydrogens (tertiary/aromatic N) is 1. The molecule has 3 aromatic rings. The number of benzene rings is 1. The first kappa shape index (κ1) is 13.6. The van der Waals surface area contributed by atoms with Gasteiger partial charge in [0.2, 0.25) is 5.91 Å². The Morgan fingerprint density at radius 3 is 3.10 bits per heavy atom. The van der Waals surface area contributed by atoms with Crippen molar-refractivity contribution in [1.29, 1.82) is 0 Å². The van der Waals surface area contributed by atoms with Gasteiger partial charge in [0.05, 0.1) is 0 Å². The highest BCUT2D eigenvalue weighted by atomic mass is 32.1. The number of rotatable bonds is 5. The van der Waals surface area contributed by atoms with Crippen LogP contribution in [0.4, 0.5) is 5.13 Å². The van der Waals surface area contributed by atoms with E-state index in [1.807, 2.05) is 35.7 Å². The summed E-state index contributed by atoms with van der Waals surface area (Å²) in [6.07, 6.45) is 2.80. The van der Waals surface area contributed by atoms with Crippen LogP contribution in [0.3, 0.4) is 0 Å². The monoisotopic (exact) mass is 298 g/mol. The molecule has 0 aliphatic heterocycles. The topological polar surface area (TPSA) is 55.1 Å². The highest BCUT2D eigenvalue weighted by Gasteiger charge is 2.11. The zero-order chi connectivity index (χ0) is 14.7. The van der Waals surface area contributed by atoms with Crippen molar-refractivity contribution < 1.29 is 9.21 Å². The second kappa shape index (κ2) is 5.93. The van der Waals surface area contributed by atoms with Crippen LogP contribution in [0.1, 0.15) is 12.8 Å². The van der Waals surface area contributed by atoms with Crippen molar-refractivity contribution in [3.8, 4) is 11.5 Å². The molecular formula is C16H14N2O2S. The Hall–Kier alpha value is -2.40. The van der Waals surface area contributed by atoms with Crippen LogP contribution in [0.5, 0.6) is 0 Å². The third-order valence-corrected chi connectivity index (χ3v) is 3.76. The molecule has 21 heavy (non-hydrogen) atoms. The fraction of sp³-hybridized carbons (Fsp3) is 0.125. The van der Waals surface area contributed by atoms with E-state index in [0.717, 1.165) is 16.7 Å². The van der Waals surface area contributed by atoms with E-state index in [4.69, 9.17) is 4.42 Å². The Kier molecular flexibility index (Phi) is 3.83. The van der Waals surface area contributed by atoms with Gasteiger partial charge in [-0.2, -0.15) is 0 Å². The summed E-state index contributed by atoms with van der Waals surface area (Å²) in [4.78, 5) is 16.0. The molecule has 0 radical (unpaired) electrons. The summed E-state index contributed by atoms with van der Waals surface area (Å²) < 4.78 is 5.76. The maximum Gasteiger partial charge on any atom is 0.226 e. The molecule has 1 N–H and O–H groups in total. The van der Waals surface area contributed by atoms with E-state index < -0.39 is 0 Å². The molecule has 0 aliphatic carbocycles. The van der Waals surface area contributed by atoms with Crippen LogP contribution in [0.25, 0.3) is 22.4 Å². The van der Waals surface area contributed by atoms with Crippen LogP contribution in [0.2, 0.25) is 0 Å². The van der Waals surface area contributed by atoms with Gasteiger partial charge in [-0.25, -0.2) is 4.98 Å². The number of carbonyl (C=O) groups excluding carboxylic acids is 1. The zero-order valence-corrected chi connectivity index (χ0v) is 12.2. The Bertz CT molecular complexity index is 755. The largest absolute Gasteiger partial charge is 0.454 e. The Morgan fingerprint density at radius 2 is 2.29 bits per heavy atom. The lowest BCUT2D eigenvalue weighted by Crippen LogP contribution is -2.10. The molecule has 0 fully saturated rings. The molecule has 106 valence electrons. The number of fused-ring (bicyclic) bond motifs is 1. The van der Waals surface area contributed by atoms with Crippen molar-refractivity contribution in [3.05, 3.63) is 48.4 Å². The van der Waals surface area contributed by atoms with Crippen molar-refractivity contribution in [2.45, 2.75) is 12.8 Å². The minimum absolute atomic E-state index is 0.0552. The third kappa shape index (κ3) is 3.03. The molecule has 0 atom stereocenters. The summed E-state index contributed by atoms with van der Waals surface area (Å²) in [6, 6.07) is 9.76. The number of carbonyl (C=O) groups is 1. The summed E-state index contributed by atoms with van der Waals surface area (Å²) in [5.41, 5.74) is 1.56. The molecule has 1 amide bonds. The normalized spacial score (nSPS) is 10.7. The Balaban J connectivity index is 1.78. The Morgan fingerprint density at radius 1 is 1.43 bits per heavy atom. The van der Waals surface area contributed by atoms with Crippen molar-refractivity contribution in [2.24, 2.45) is 0 Å². The summed E-state index contributed by atoms with van der Waals surface area (Å²) in [5.74, 6) is 0.652. The number of amides is 1. The molecule has 0 spiro atoms. The minimum Gasteiger partial charge on any atom is -0.454 e. The first-order chi connectivity index (χ1) is 10.3. The number of aromatic nitrogens is 1. The molecule has 0 bridgehead atoms. The zero-order valence-electron chi connectivity index (χ0n) is 11.3. The van der Waals surface area contributed by atoms with Crippen molar-refractivity contribution >= 4 is 33.3 Å². The summed E-state index contributed by atoms with van der Waals surface area (Å²) >= 11 is 1.39. The predicted octanol–water partition coefficient (Wildman–Crippen LogP) is 4.46. The highest BCUT2D eigenvalue weighted by molar-refractivity contribution is 7.14. The van der Waals surface area contributed by atoms with E-state index in [2.05, 4.69) is 16.9 Å². The van der Waals surface area contributed by atoms with Gasteiger partial charge in [-0.15, -0.1) is 17.9 Å². The molecule has 3 rings (SSSR count). The van der Waals surface area contributed by atoms with Gasteiger partial charge < -0.3 is 9.73 Å². The molecule has 5 heteroatoms. The standard InChI is InChI=1S/C16H14N2O2S/c1-2-3-8-15(19)18-16-17-12(10-21-16)14-9-11-6-4-5-7-13(11)20-14/h2,4-7,9-10H,1,3,8H2,(H,17,18,19). The average Bonchev–Trinajstić information content (AvgIpc) is 3.10. The molecule has 2 heterocycles. The van der Waals surface area contributed by atoms with Crippen LogP contribution in [-0.4, -0.2) is 10.9 Å². The minimum atomic E-state index is -0.0552. The van der Waals surface area contributed by atoms with Gasteiger partial charge in [-0.1, -0.05) is 24.3 Å². The first-order valence-electron chi connectivity index (χ1n) is 6.61. The number of anilines is 1. The van der Waals surface area contributed by atoms with E-state index in [0.29, 0.717) is 23.7 Å². The van der Waals surface area contributed by atoms with Gasteiger partial charge in [0, 0.05) is 17.2 Å². The van der Waals surface area contributed by atoms with Gasteiger partial charge in [-0.05, 0) is 18.6 Å². The second-order valence-electron chi connectivity index (χ2n) is 4.56. The SMILES string of the molecule is C=CCCC(=O)Nc1nc(-c2cc3ccccc3o2)cs1. The number of thiazole rings is 1. The quantitative estimate of drug-likeness (QED) is 0.707. The molecule has 4 nitrogen and oxygen atoms in total. The maximum absolute atomic E-state index is 11.6. The van der Waals surface area contributed by atoms with Crippen LogP contribution in [0.15, 0.2) is 52.8 Å².